The Morgan fingerprint density at radius 3 is 2.52 bits per heavy atom. The van der Waals surface area contributed by atoms with Crippen molar-refractivity contribution >= 4 is 27.7 Å². The van der Waals surface area contributed by atoms with E-state index in [1.807, 2.05) is 20.9 Å². The van der Waals surface area contributed by atoms with E-state index < -0.39 is 10.0 Å². The molecule has 1 amide bonds. The van der Waals surface area contributed by atoms with Gasteiger partial charge in [-0.1, -0.05) is 25.6 Å². The molecule has 1 aliphatic rings. The standard InChI is InChI=1S/C16H26N4O3S2/c1-13(2)10-17-15(21)12-24-16-5-4-14(11-18-16)25(22,23)20-8-6-19(3)7-9-20/h4-5,11,13H,6-10,12H2,1-3H3,(H,17,21). The Hall–Kier alpha value is -1.16. The summed E-state index contributed by atoms with van der Waals surface area (Å²) in [5, 5.41) is 3.48. The maximum Gasteiger partial charge on any atom is 0.244 e. The molecule has 7 nitrogen and oxygen atoms in total. The third-order valence-corrected chi connectivity index (χ3v) is 6.69. The van der Waals surface area contributed by atoms with E-state index in [0.29, 0.717) is 30.6 Å². The molecule has 0 unspecified atom stereocenters. The molecule has 0 atom stereocenters. The number of sulfonamides is 1. The molecule has 1 saturated heterocycles. The number of nitrogens with zero attached hydrogens (tertiary/aromatic N) is 3. The molecule has 1 aromatic rings. The monoisotopic (exact) mass is 386 g/mol. The number of rotatable bonds is 7. The van der Waals surface area contributed by atoms with E-state index in [1.165, 1.54) is 22.3 Å². The molecule has 0 saturated carbocycles. The van der Waals surface area contributed by atoms with Gasteiger partial charge < -0.3 is 10.2 Å². The molecule has 1 N–H and O–H groups in total. The summed E-state index contributed by atoms with van der Waals surface area (Å²) in [6.07, 6.45) is 1.38. The van der Waals surface area contributed by atoms with Gasteiger partial charge in [-0.05, 0) is 25.1 Å². The predicted molar refractivity (Wildman–Crippen MR) is 99.1 cm³/mol. The molecule has 0 spiro atoms. The summed E-state index contributed by atoms with van der Waals surface area (Å²) in [4.78, 5) is 18.2. The fourth-order valence-corrected chi connectivity index (χ4v) is 4.33. The summed E-state index contributed by atoms with van der Waals surface area (Å²) in [5.41, 5.74) is 0. The van der Waals surface area contributed by atoms with Crippen LogP contribution in [0.4, 0.5) is 0 Å². The minimum atomic E-state index is -3.50. The van der Waals surface area contributed by atoms with Crippen molar-refractivity contribution in [3.8, 4) is 0 Å². The topological polar surface area (TPSA) is 82.6 Å². The van der Waals surface area contributed by atoms with Gasteiger partial charge in [-0.25, -0.2) is 13.4 Å². The average Bonchev–Trinajstić information content (AvgIpc) is 2.59. The summed E-state index contributed by atoms with van der Waals surface area (Å²) in [6, 6.07) is 3.22. The van der Waals surface area contributed by atoms with Crippen molar-refractivity contribution in [3.05, 3.63) is 18.3 Å². The van der Waals surface area contributed by atoms with Gasteiger partial charge in [0.05, 0.1) is 10.8 Å². The fourth-order valence-electron chi connectivity index (χ4n) is 2.29. The van der Waals surface area contributed by atoms with Crippen molar-refractivity contribution in [2.24, 2.45) is 5.92 Å². The van der Waals surface area contributed by atoms with Crippen LogP contribution in [-0.2, 0) is 14.8 Å². The minimum absolute atomic E-state index is 0.0466. The Labute approximate surface area is 154 Å². The lowest BCUT2D eigenvalue weighted by atomic mass is 10.2. The van der Waals surface area contributed by atoms with Crippen LogP contribution >= 0.6 is 11.8 Å². The molecular weight excluding hydrogens is 360 g/mol. The second-order valence-corrected chi connectivity index (χ2v) is 9.46. The van der Waals surface area contributed by atoms with Gasteiger partial charge in [-0.15, -0.1) is 0 Å². The highest BCUT2D eigenvalue weighted by Gasteiger charge is 2.27. The molecule has 9 heteroatoms. The van der Waals surface area contributed by atoms with E-state index in [9.17, 15) is 13.2 Å². The molecule has 25 heavy (non-hydrogen) atoms. The van der Waals surface area contributed by atoms with Crippen LogP contribution in [0.2, 0.25) is 0 Å². The molecule has 1 aromatic heterocycles. The lowest BCUT2D eigenvalue weighted by molar-refractivity contribution is -0.118. The Kier molecular flexibility index (Phi) is 7.24. The zero-order valence-electron chi connectivity index (χ0n) is 14.9. The number of pyridine rings is 1. The number of amides is 1. The van der Waals surface area contributed by atoms with Crippen molar-refractivity contribution in [3.63, 3.8) is 0 Å². The Morgan fingerprint density at radius 1 is 1.28 bits per heavy atom. The van der Waals surface area contributed by atoms with Gasteiger partial charge in [0.1, 0.15) is 4.90 Å². The molecule has 2 heterocycles. The van der Waals surface area contributed by atoms with Crippen LogP contribution in [-0.4, -0.2) is 74.0 Å². The van der Waals surface area contributed by atoms with Crippen molar-refractivity contribution in [2.45, 2.75) is 23.8 Å². The number of piperazine rings is 1. The van der Waals surface area contributed by atoms with E-state index in [2.05, 4.69) is 15.2 Å². The highest BCUT2D eigenvalue weighted by Crippen LogP contribution is 2.20. The first-order chi connectivity index (χ1) is 11.8. The maximum absolute atomic E-state index is 12.6. The molecule has 0 aromatic carbocycles. The summed E-state index contributed by atoms with van der Waals surface area (Å²) >= 11 is 1.30. The number of carbonyl (C=O) groups is 1. The molecule has 1 fully saturated rings. The van der Waals surface area contributed by atoms with E-state index in [1.54, 1.807) is 12.1 Å². The van der Waals surface area contributed by atoms with Gasteiger partial charge in [0, 0.05) is 38.9 Å². The van der Waals surface area contributed by atoms with E-state index in [4.69, 9.17) is 0 Å². The van der Waals surface area contributed by atoms with Gasteiger partial charge in [0.25, 0.3) is 0 Å². The normalized spacial score (nSPS) is 17.0. The zero-order chi connectivity index (χ0) is 18.4. The molecule has 0 radical (unpaired) electrons. The van der Waals surface area contributed by atoms with Gasteiger partial charge in [0.15, 0.2) is 0 Å². The molecule has 2 rings (SSSR count). The second kappa shape index (κ2) is 8.98. The lowest BCUT2D eigenvalue weighted by Gasteiger charge is -2.31. The van der Waals surface area contributed by atoms with Crippen LogP contribution in [0.5, 0.6) is 0 Å². The number of carbonyl (C=O) groups excluding carboxylic acids is 1. The molecule has 0 aliphatic carbocycles. The quantitative estimate of drug-likeness (QED) is 0.701. The lowest BCUT2D eigenvalue weighted by Crippen LogP contribution is -2.47. The maximum atomic E-state index is 12.6. The van der Waals surface area contributed by atoms with Gasteiger partial charge in [-0.3, -0.25) is 4.79 Å². The summed E-state index contributed by atoms with van der Waals surface area (Å²) in [6.45, 7) is 7.16. The predicted octanol–water partition coefficient (Wildman–Crippen LogP) is 0.882. The van der Waals surface area contributed by atoms with Gasteiger partial charge >= 0.3 is 0 Å². The zero-order valence-corrected chi connectivity index (χ0v) is 16.6. The number of thioether (sulfide) groups is 1. The van der Waals surface area contributed by atoms with Crippen LogP contribution in [0.25, 0.3) is 0 Å². The van der Waals surface area contributed by atoms with E-state index in [-0.39, 0.29) is 16.6 Å². The van der Waals surface area contributed by atoms with Crippen LogP contribution in [0.15, 0.2) is 28.3 Å². The SMILES string of the molecule is CC(C)CNC(=O)CSc1ccc(S(=O)(=O)N2CCN(C)CC2)cn1. The third-order valence-electron chi connectivity index (χ3n) is 3.87. The average molecular weight is 387 g/mol. The highest BCUT2D eigenvalue weighted by molar-refractivity contribution is 7.99. The van der Waals surface area contributed by atoms with Crippen LogP contribution in [0, 0.1) is 5.92 Å². The van der Waals surface area contributed by atoms with E-state index >= 15 is 0 Å². The van der Waals surface area contributed by atoms with Crippen molar-refractivity contribution in [2.75, 3.05) is 45.5 Å². The Morgan fingerprint density at radius 2 is 1.96 bits per heavy atom. The van der Waals surface area contributed by atoms with Crippen LogP contribution in [0.3, 0.4) is 0 Å². The largest absolute Gasteiger partial charge is 0.355 e. The number of aromatic nitrogens is 1. The first-order valence-corrected chi connectivity index (χ1v) is 10.8. The summed E-state index contributed by atoms with van der Waals surface area (Å²) in [5.74, 6) is 0.630. The fraction of sp³-hybridized carbons (Fsp3) is 0.625. The van der Waals surface area contributed by atoms with E-state index in [0.717, 1.165) is 13.1 Å². The number of likely N-dealkylation sites (N-methyl/N-ethyl adjacent to an activating group) is 1. The minimum Gasteiger partial charge on any atom is -0.355 e. The Bertz CT molecular complexity index is 669. The number of nitrogens with one attached hydrogen (secondary N) is 1. The third kappa shape index (κ3) is 5.95. The summed E-state index contributed by atoms with van der Waals surface area (Å²) in [7, 11) is -1.52. The number of hydrogen-bond acceptors (Lipinski definition) is 6. The van der Waals surface area contributed by atoms with Crippen molar-refractivity contribution < 1.29 is 13.2 Å². The van der Waals surface area contributed by atoms with Crippen molar-refractivity contribution in [1.29, 1.82) is 0 Å². The first-order valence-electron chi connectivity index (χ1n) is 8.33. The molecule has 1 aliphatic heterocycles. The van der Waals surface area contributed by atoms with Crippen molar-refractivity contribution in [1.82, 2.24) is 19.5 Å². The highest BCUT2D eigenvalue weighted by atomic mass is 32.2. The smallest absolute Gasteiger partial charge is 0.244 e. The molecule has 140 valence electrons. The van der Waals surface area contributed by atoms with Crippen LogP contribution < -0.4 is 5.32 Å². The number of hydrogen-bond donors (Lipinski definition) is 1. The Balaban J connectivity index is 1.91. The van der Waals surface area contributed by atoms with Gasteiger partial charge in [0.2, 0.25) is 15.9 Å². The first kappa shape index (κ1) is 20.2. The second-order valence-electron chi connectivity index (χ2n) is 6.53. The molecule has 0 bridgehead atoms. The molecular formula is C16H26N4O3S2. The van der Waals surface area contributed by atoms with Gasteiger partial charge in [-0.2, -0.15) is 4.31 Å². The van der Waals surface area contributed by atoms with Crippen LogP contribution in [0.1, 0.15) is 13.8 Å². The summed E-state index contributed by atoms with van der Waals surface area (Å²) < 4.78 is 26.7.